The molecular weight excluding hydrogens is 370 g/mol. The molecule has 0 N–H and O–H groups in total. The van der Waals surface area contributed by atoms with Crippen molar-refractivity contribution in [3.05, 3.63) is 69.0 Å². The van der Waals surface area contributed by atoms with Crippen molar-refractivity contribution in [3.63, 3.8) is 0 Å². The van der Waals surface area contributed by atoms with Gasteiger partial charge in [-0.3, -0.25) is 19.7 Å². The summed E-state index contributed by atoms with van der Waals surface area (Å²) in [6.45, 7) is 0.303. The maximum atomic E-state index is 12.5. The number of para-hydroxylation sites is 1. The Morgan fingerprint density at radius 3 is 2.74 bits per heavy atom. The van der Waals surface area contributed by atoms with Gasteiger partial charge in [0.25, 0.3) is 11.6 Å². The molecule has 1 aromatic heterocycles. The molecule has 0 atom stereocenters. The van der Waals surface area contributed by atoms with Gasteiger partial charge in [-0.2, -0.15) is 4.99 Å². The molecule has 0 unspecified atom stereocenters. The number of carbonyl (C=O) groups excluding carboxylic acids is 2. The number of ether oxygens (including phenoxy) is 1. The smallest absolute Gasteiger partial charge is 0.307 e. The standard InChI is InChI=1S/C18H15N3O5S/c1-26-16(22)9-10-20-14-7-2-3-8-15(14)27-18(20)19-17(23)12-5-4-6-13(11-12)21(24)25/h2-8,11H,9-10H2,1H3. The van der Waals surface area contributed by atoms with Gasteiger partial charge in [-0.1, -0.05) is 29.5 Å². The molecule has 3 rings (SSSR count). The van der Waals surface area contributed by atoms with Crippen molar-refractivity contribution < 1.29 is 19.2 Å². The number of thiazole rings is 1. The molecule has 8 nitrogen and oxygen atoms in total. The summed E-state index contributed by atoms with van der Waals surface area (Å²) in [6, 6.07) is 12.9. The molecule has 0 aliphatic heterocycles. The summed E-state index contributed by atoms with van der Waals surface area (Å²) in [5.74, 6) is -0.953. The topological polar surface area (TPSA) is 104 Å². The number of esters is 1. The fourth-order valence-corrected chi connectivity index (χ4v) is 3.59. The molecule has 1 heterocycles. The van der Waals surface area contributed by atoms with Crippen LogP contribution in [-0.4, -0.2) is 28.5 Å². The van der Waals surface area contributed by atoms with Crippen LogP contribution < -0.4 is 4.80 Å². The van der Waals surface area contributed by atoms with Crippen molar-refractivity contribution in [2.24, 2.45) is 4.99 Å². The number of hydrogen-bond acceptors (Lipinski definition) is 6. The lowest BCUT2D eigenvalue weighted by molar-refractivity contribution is -0.384. The lowest BCUT2D eigenvalue weighted by Gasteiger charge is -2.04. The van der Waals surface area contributed by atoms with Crippen molar-refractivity contribution in [3.8, 4) is 0 Å². The molecule has 138 valence electrons. The number of hydrogen-bond donors (Lipinski definition) is 0. The van der Waals surface area contributed by atoms with Gasteiger partial charge in [-0.05, 0) is 18.2 Å². The van der Waals surface area contributed by atoms with E-state index in [0.717, 1.165) is 10.2 Å². The first-order valence-corrected chi connectivity index (χ1v) is 8.80. The zero-order chi connectivity index (χ0) is 19.4. The van der Waals surface area contributed by atoms with E-state index >= 15 is 0 Å². The average Bonchev–Trinajstić information content (AvgIpc) is 3.03. The number of nitrogens with zero attached hydrogens (tertiary/aromatic N) is 3. The Morgan fingerprint density at radius 1 is 1.22 bits per heavy atom. The number of non-ortho nitro benzene ring substituents is 1. The first-order valence-electron chi connectivity index (χ1n) is 7.98. The van der Waals surface area contributed by atoms with Crippen LogP contribution >= 0.6 is 11.3 Å². The lowest BCUT2D eigenvalue weighted by Crippen LogP contribution is -2.19. The summed E-state index contributed by atoms with van der Waals surface area (Å²) in [5, 5.41) is 10.9. The Balaban J connectivity index is 2.04. The van der Waals surface area contributed by atoms with E-state index in [1.165, 1.54) is 42.7 Å². The second kappa shape index (κ2) is 7.92. The Kier molecular flexibility index (Phi) is 5.41. The molecule has 9 heteroatoms. The van der Waals surface area contributed by atoms with Crippen LogP contribution in [0, 0.1) is 10.1 Å². The normalized spacial score (nSPS) is 11.5. The number of nitro groups is 1. The minimum atomic E-state index is -0.586. The minimum absolute atomic E-state index is 0.126. The van der Waals surface area contributed by atoms with Gasteiger partial charge in [0, 0.05) is 24.2 Å². The van der Waals surface area contributed by atoms with E-state index in [1.54, 1.807) is 4.57 Å². The minimum Gasteiger partial charge on any atom is -0.469 e. The molecule has 0 aliphatic rings. The Hall–Kier alpha value is -3.33. The summed E-state index contributed by atoms with van der Waals surface area (Å²) in [5.41, 5.74) is 0.795. The summed E-state index contributed by atoms with van der Waals surface area (Å²) in [7, 11) is 1.32. The molecule has 0 saturated carbocycles. The number of fused-ring (bicyclic) bond motifs is 1. The maximum absolute atomic E-state index is 12.5. The van der Waals surface area contributed by atoms with Gasteiger partial charge in [0.05, 0.1) is 28.7 Å². The van der Waals surface area contributed by atoms with Crippen LogP contribution in [0.2, 0.25) is 0 Å². The number of methoxy groups -OCH3 is 1. The quantitative estimate of drug-likeness (QED) is 0.382. The van der Waals surface area contributed by atoms with Crippen LogP contribution in [0.3, 0.4) is 0 Å². The predicted octanol–water partition coefficient (Wildman–Crippen LogP) is 2.92. The number of nitro benzene ring substituents is 1. The number of amides is 1. The number of aromatic nitrogens is 1. The maximum Gasteiger partial charge on any atom is 0.307 e. The monoisotopic (exact) mass is 385 g/mol. The molecule has 0 radical (unpaired) electrons. The Bertz CT molecular complexity index is 1100. The zero-order valence-electron chi connectivity index (χ0n) is 14.3. The van der Waals surface area contributed by atoms with Gasteiger partial charge in [-0.25, -0.2) is 0 Å². The molecule has 27 heavy (non-hydrogen) atoms. The fourth-order valence-electron chi connectivity index (χ4n) is 2.53. The van der Waals surface area contributed by atoms with Crippen molar-refractivity contribution >= 4 is 39.1 Å². The molecule has 0 aliphatic carbocycles. The SMILES string of the molecule is COC(=O)CCn1c(=NC(=O)c2cccc([N+](=O)[O-])c2)sc2ccccc21. The van der Waals surface area contributed by atoms with E-state index in [4.69, 9.17) is 0 Å². The highest BCUT2D eigenvalue weighted by molar-refractivity contribution is 7.16. The van der Waals surface area contributed by atoms with E-state index in [-0.39, 0.29) is 23.6 Å². The molecule has 3 aromatic rings. The average molecular weight is 385 g/mol. The third-order valence-corrected chi connectivity index (χ3v) is 4.92. The first-order chi connectivity index (χ1) is 13.0. The second-order valence-corrected chi connectivity index (χ2v) is 6.56. The lowest BCUT2D eigenvalue weighted by atomic mass is 10.2. The van der Waals surface area contributed by atoms with Gasteiger partial charge in [0.1, 0.15) is 0 Å². The third kappa shape index (κ3) is 4.09. The largest absolute Gasteiger partial charge is 0.469 e. The van der Waals surface area contributed by atoms with Gasteiger partial charge in [0.15, 0.2) is 4.80 Å². The highest BCUT2D eigenvalue weighted by atomic mass is 32.1. The molecule has 2 aromatic carbocycles. The van der Waals surface area contributed by atoms with Crippen LogP contribution in [0.4, 0.5) is 5.69 Å². The molecule has 0 spiro atoms. The van der Waals surface area contributed by atoms with Crippen LogP contribution in [0.5, 0.6) is 0 Å². The third-order valence-electron chi connectivity index (χ3n) is 3.86. The Labute approximate surface area is 157 Å². The van der Waals surface area contributed by atoms with Gasteiger partial charge in [-0.15, -0.1) is 0 Å². The zero-order valence-corrected chi connectivity index (χ0v) is 15.1. The van der Waals surface area contributed by atoms with Crippen molar-refractivity contribution in [2.75, 3.05) is 7.11 Å². The summed E-state index contributed by atoms with van der Waals surface area (Å²) >= 11 is 1.31. The van der Waals surface area contributed by atoms with E-state index in [0.29, 0.717) is 11.3 Å². The molecular formula is C18H15N3O5S. The van der Waals surface area contributed by atoms with Crippen LogP contribution in [0.15, 0.2) is 53.5 Å². The number of carbonyl (C=O) groups is 2. The number of aryl methyl sites for hydroxylation is 1. The second-order valence-electron chi connectivity index (χ2n) is 5.55. The van der Waals surface area contributed by atoms with Crippen molar-refractivity contribution in [1.82, 2.24) is 4.57 Å². The number of rotatable bonds is 5. The fraction of sp³-hybridized carbons (Fsp3) is 0.167. The predicted molar refractivity (Wildman–Crippen MR) is 99.4 cm³/mol. The molecule has 1 amide bonds. The van der Waals surface area contributed by atoms with E-state index < -0.39 is 10.8 Å². The summed E-state index contributed by atoms with van der Waals surface area (Å²) < 4.78 is 7.36. The van der Waals surface area contributed by atoms with Gasteiger partial charge >= 0.3 is 5.97 Å². The Morgan fingerprint density at radius 2 is 2.00 bits per heavy atom. The highest BCUT2D eigenvalue weighted by Gasteiger charge is 2.13. The molecule has 0 fully saturated rings. The van der Waals surface area contributed by atoms with Crippen LogP contribution in [0.1, 0.15) is 16.8 Å². The first kappa shape index (κ1) is 18.5. The van der Waals surface area contributed by atoms with E-state index in [9.17, 15) is 19.7 Å². The highest BCUT2D eigenvalue weighted by Crippen LogP contribution is 2.18. The number of benzene rings is 2. The van der Waals surface area contributed by atoms with Crippen LogP contribution in [-0.2, 0) is 16.1 Å². The van der Waals surface area contributed by atoms with Gasteiger partial charge < -0.3 is 9.30 Å². The van der Waals surface area contributed by atoms with Crippen molar-refractivity contribution in [2.45, 2.75) is 13.0 Å². The van der Waals surface area contributed by atoms with E-state index in [1.807, 2.05) is 24.3 Å². The van der Waals surface area contributed by atoms with E-state index in [2.05, 4.69) is 9.73 Å². The summed E-state index contributed by atoms with van der Waals surface area (Å²) in [6.07, 6.45) is 0.134. The molecule has 0 bridgehead atoms. The summed E-state index contributed by atoms with van der Waals surface area (Å²) in [4.78, 5) is 38.9. The van der Waals surface area contributed by atoms with Gasteiger partial charge in [0.2, 0.25) is 0 Å². The van der Waals surface area contributed by atoms with Crippen LogP contribution in [0.25, 0.3) is 10.2 Å². The molecule has 0 saturated heterocycles. The van der Waals surface area contributed by atoms with Crippen molar-refractivity contribution in [1.29, 1.82) is 0 Å².